The zero-order chi connectivity index (χ0) is 17.3. The van der Waals surface area contributed by atoms with E-state index >= 15 is 0 Å². The summed E-state index contributed by atoms with van der Waals surface area (Å²) in [6.07, 6.45) is -0.0735. The molecule has 0 unspecified atom stereocenters. The van der Waals surface area contributed by atoms with E-state index in [9.17, 15) is 10.5 Å². The Kier molecular flexibility index (Phi) is 3.98. The molecule has 0 aromatic heterocycles. The number of benzene rings is 2. The van der Waals surface area contributed by atoms with Crippen LogP contribution in [0.4, 0.5) is 5.69 Å². The van der Waals surface area contributed by atoms with Crippen molar-refractivity contribution in [3.8, 4) is 23.3 Å². The van der Waals surface area contributed by atoms with E-state index in [1.807, 2.05) is 55.0 Å². The van der Waals surface area contributed by atoms with Gasteiger partial charge in [0.15, 0.2) is 11.4 Å². The number of hydrogen-bond donors (Lipinski definition) is 0. The smallest absolute Gasteiger partial charge is 0.157 e. The second kappa shape index (κ2) is 6.10. The van der Waals surface area contributed by atoms with E-state index in [1.54, 1.807) is 0 Å². The highest BCUT2D eigenvalue weighted by molar-refractivity contribution is 5.72. The van der Waals surface area contributed by atoms with Crippen LogP contribution in [0, 0.1) is 29.6 Å². The summed E-state index contributed by atoms with van der Waals surface area (Å²) in [4.78, 5) is 3.77. The number of nitriles is 2. The van der Waals surface area contributed by atoms with Crippen molar-refractivity contribution < 1.29 is 0 Å². The van der Waals surface area contributed by atoms with Gasteiger partial charge in [0.1, 0.15) is 18.3 Å². The lowest BCUT2D eigenvalue weighted by atomic mass is 10.0. The van der Waals surface area contributed by atoms with Crippen molar-refractivity contribution in [2.24, 2.45) is 0 Å². The second-order valence-electron chi connectivity index (χ2n) is 5.90. The van der Waals surface area contributed by atoms with Gasteiger partial charge in [-0.25, -0.2) is 0 Å². The molecular formula is C20H18N4. The van der Waals surface area contributed by atoms with Gasteiger partial charge in [0, 0.05) is 12.7 Å². The summed E-state index contributed by atoms with van der Waals surface area (Å²) < 4.78 is 0. The monoisotopic (exact) mass is 314 g/mol. The van der Waals surface area contributed by atoms with Crippen molar-refractivity contribution in [3.05, 3.63) is 65.5 Å². The molecule has 0 radical (unpaired) electrons. The molecule has 0 saturated heterocycles. The molecule has 4 nitrogen and oxygen atoms in total. The maximum Gasteiger partial charge on any atom is 0.157 e. The van der Waals surface area contributed by atoms with Crippen molar-refractivity contribution in [2.75, 3.05) is 11.9 Å². The molecule has 0 N–H and O–H groups in total. The first-order valence-electron chi connectivity index (χ1n) is 7.81. The Morgan fingerprint density at radius 1 is 0.917 bits per heavy atom. The average Bonchev–Trinajstić information content (AvgIpc) is 2.86. The third-order valence-electron chi connectivity index (χ3n) is 4.53. The molecule has 24 heavy (non-hydrogen) atoms. The Bertz CT molecular complexity index is 884. The molecule has 1 aliphatic rings. The average molecular weight is 314 g/mol. The van der Waals surface area contributed by atoms with Crippen LogP contribution < -0.4 is 4.90 Å². The van der Waals surface area contributed by atoms with Crippen LogP contribution in [0.3, 0.4) is 0 Å². The standard InChI is InChI=1S/C20H18N4/c1-14-11-17(16-7-5-4-6-8-16)9-10-18(14)24-15(2)23(3)19(12-21)20(24)13-22/h4-11,15H,1-3H3/t15-/m0/s1. The van der Waals surface area contributed by atoms with Crippen molar-refractivity contribution in [3.63, 3.8) is 0 Å². The van der Waals surface area contributed by atoms with E-state index < -0.39 is 0 Å². The van der Waals surface area contributed by atoms with Gasteiger partial charge >= 0.3 is 0 Å². The van der Waals surface area contributed by atoms with Crippen molar-refractivity contribution in [1.82, 2.24) is 4.90 Å². The van der Waals surface area contributed by atoms with Crippen LogP contribution in [0.1, 0.15) is 12.5 Å². The molecule has 1 atom stereocenters. The van der Waals surface area contributed by atoms with E-state index in [-0.39, 0.29) is 6.17 Å². The van der Waals surface area contributed by atoms with E-state index in [0.717, 1.165) is 22.4 Å². The van der Waals surface area contributed by atoms with Gasteiger partial charge in [-0.3, -0.25) is 0 Å². The fourth-order valence-corrected chi connectivity index (χ4v) is 3.12. The third kappa shape index (κ3) is 2.39. The van der Waals surface area contributed by atoms with Crippen molar-refractivity contribution in [2.45, 2.75) is 20.0 Å². The zero-order valence-corrected chi connectivity index (χ0v) is 14.0. The van der Waals surface area contributed by atoms with Gasteiger partial charge in [0.05, 0.1) is 0 Å². The van der Waals surface area contributed by atoms with Gasteiger partial charge in [-0.1, -0.05) is 36.4 Å². The molecule has 0 saturated carbocycles. The normalized spacial score (nSPS) is 17.0. The van der Waals surface area contributed by atoms with Crippen LogP contribution in [0.15, 0.2) is 59.9 Å². The predicted octanol–water partition coefficient (Wildman–Crippen LogP) is 4.02. The quantitative estimate of drug-likeness (QED) is 0.840. The maximum atomic E-state index is 9.53. The topological polar surface area (TPSA) is 54.1 Å². The van der Waals surface area contributed by atoms with E-state index in [0.29, 0.717) is 11.4 Å². The number of anilines is 1. The number of hydrogen-bond acceptors (Lipinski definition) is 4. The molecule has 0 bridgehead atoms. The van der Waals surface area contributed by atoms with Gasteiger partial charge in [-0.15, -0.1) is 0 Å². The summed E-state index contributed by atoms with van der Waals surface area (Å²) in [7, 11) is 1.84. The third-order valence-corrected chi connectivity index (χ3v) is 4.53. The van der Waals surface area contributed by atoms with Crippen LogP contribution in [0.25, 0.3) is 11.1 Å². The molecule has 0 aliphatic carbocycles. The van der Waals surface area contributed by atoms with Gasteiger partial charge in [0.25, 0.3) is 0 Å². The van der Waals surface area contributed by atoms with Crippen LogP contribution in [-0.2, 0) is 0 Å². The molecule has 2 aromatic carbocycles. The predicted molar refractivity (Wildman–Crippen MR) is 94.6 cm³/mol. The molecule has 0 spiro atoms. The van der Waals surface area contributed by atoms with E-state index in [4.69, 9.17) is 0 Å². The largest absolute Gasteiger partial charge is 0.343 e. The lowest BCUT2D eigenvalue weighted by Crippen LogP contribution is -2.36. The Morgan fingerprint density at radius 2 is 1.58 bits per heavy atom. The SMILES string of the molecule is Cc1cc(-c2ccccc2)ccc1N1C(C#N)=C(C#N)N(C)[C@@H]1C. The molecule has 0 fully saturated rings. The lowest BCUT2D eigenvalue weighted by Gasteiger charge is -2.29. The number of allylic oxidation sites excluding steroid dienone is 2. The van der Waals surface area contributed by atoms with Crippen LogP contribution in [0.2, 0.25) is 0 Å². The molecule has 0 amide bonds. The maximum absolute atomic E-state index is 9.53. The van der Waals surface area contributed by atoms with Crippen LogP contribution in [-0.4, -0.2) is 18.1 Å². The minimum absolute atomic E-state index is 0.0735. The first kappa shape index (κ1) is 15.6. The Labute approximate surface area is 142 Å². The Morgan fingerprint density at radius 3 is 2.17 bits per heavy atom. The highest BCUT2D eigenvalue weighted by Crippen LogP contribution is 2.36. The second-order valence-corrected chi connectivity index (χ2v) is 5.90. The minimum Gasteiger partial charge on any atom is -0.343 e. The highest BCUT2D eigenvalue weighted by Gasteiger charge is 2.35. The van der Waals surface area contributed by atoms with Crippen molar-refractivity contribution >= 4 is 5.69 Å². The number of aryl methyl sites for hydroxylation is 1. The van der Waals surface area contributed by atoms with Crippen molar-refractivity contribution in [1.29, 1.82) is 10.5 Å². The number of nitrogens with zero attached hydrogens (tertiary/aromatic N) is 4. The van der Waals surface area contributed by atoms with Gasteiger partial charge in [-0.05, 0) is 42.7 Å². The van der Waals surface area contributed by atoms with Gasteiger partial charge in [0.2, 0.25) is 0 Å². The molecular weight excluding hydrogens is 296 g/mol. The summed E-state index contributed by atoms with van der Waals surface area (Å²) in [6.45, 7) is 4.03. The molecule has 118 valence electrons. The molecule has 1 heterocycles. The van der Waals surface area contributed by atoms with E-state index in [2.05, 4.69) is 36.4 Å². The van der Waals surface area contributed by atoms with E-state index in [1.165, 1.54) is 0 Å². The molecule has 3 rings (SSSR count). The molecule has 4 heteroatoms. The summed E-state index contributed by atoms with van der Waals surface area (Å²) in [5, 5.41) is 18.9. The van der Waals surface area contributed by atoms with Gasteiger partial charge in [-0.2, -0.15) is 10.5 Å². The summed E-state index contributed by atoms with van der Waals surface area (Å²) in [6, 6.07) is 20.7. The summed E-state index contributed by atoms with van der Waals surface area (Å²) in [5.41, 5.74) is 5.14. The molecule has 2 aromatic rings. The Hall–Kier alpha value is -3.24. The summed E-state index contributed by atoms with van der Waals surface area (Å²) in [5.74, 6) is 0. The molecule has 1 aliphatic heterocycles. The lowest BCUT2D eigenvalue weighted by molar-refractivity contribution is 0.367. The first-order valence-corrected chi connectivity index (χ1v) is 7.81. The number of rotatable bonds is 2. The fourth-order valence-electron chi connectivity index (χ4n) is 3.12. The highest BCUT2D eigenvalue weighted by atomic mass is 15.4. The van der Waals surface area contributed by atoms with Crippen LogP contribution in [0.5, 0.6) is 0 Å². The van der Waals surface area contributed by atoms with Crippen LogP contribution >= 0.6 is 0 Å². The summed E-state index contributed by atoms with van der Waals surface area (Å²) >= 11 is 0. The van der Waals surface area contributed by atoms with Gasteiger partial charge < -0.3 is 9.80 Å². The zero-order valence-electron chi connectivity index (χ0n) is 14.0. The minimum atomic E-state index is -0.0735. The Balaban J connectivity index is 2.07. The first-order chi connectivity index (χ1) is 11.6. The fraction of sp³-hybridized carbons (Fsp3) is 0.200.